The van der Waals surface area contributed by atoms with Gasteiger partial charge in [-0.3, -0.25) is 4.79 Å². The quantitative estimate of drug-likeness (QED) is 0.746. The van der Waals surface area contributed by atoms with Gasteiger partial charge in [0.25, 0.3) is 5.91 Å². The number of nitrogens with one attached hydrogen (secondary N) is 1. The number of hydrogen-bond donors (Lipinski definition) is 2. The minimum Gasteiger partial charge on any atom is -0.480 e. The van der Waals surface area contributed by atoms with Crippen molar-refractivity contribution in [3.05, 3.63) is 35.4 Å². The number of methoxy groups -OCH3 is 1. The Morgan fingerprint density at radius 3 is 2.60 bits per heavy atom. The van der Waals surface area contributed by atoms with Gasteiger partial charge < -0.3 is 15.2 Å². The fraction of sp³-hybridized carbons (Fsp3) is 0.385. The number of carbonyl (C=O) groups excluding carboxylic acids is 1. The SMILES string of the molecule is COCCCC(NC(=O)c1ccc(F)c(F)c1)C(=O)O. The molecule has 0 radical (unpaired) electrons. The Morgan fingerprint density at radius 1 is 1.35 bits per heavy atom. The number of carboxylic acid groups (broad SMARTS) is 1. The second-order valence-corrected chi connectivity index (χ2v) is 4.13. The van der Waals surface area contributed by atoms with Crippen molar-refractivity contribution in [2.75, 3.05) is 13.7 Å². The standard InChI is InChI=1S/C13H15F2NO4/c1-20-6-2-3-11(13(18)19)16-12(17)8-4-5-9(14)10(15)7-8/h4-5,7,11H,2-3,6H2,1H3,(H,16,17)(H,18,19). The van der Waals surface area contributed by atoms with E-state index in [-0.39, 0.29) is 12.0 Å². The summed E-state index contributed by atoms with van der Waals surface area (Å²) in [6.07, 6.45) is 0.629. The normalized spacial score (nSPS) is 11.9. The van der Waals surface area contributed by atoms with Crippen LogP contribution in [0.4, 0.5) is 8.78 Å². The highest BCUT2D eigenvalue weighted by molar-refractivity contribution is 5.96. The molecule has 2 N–H and O–H groups in total. The summed E-state index contributed by atoms with van der Waals surface area (Å²) in [6.45, 7) is 0.366. The van der Waals surface area contributed by atoms with Gasteiger partial charge in [0, 0.05) is 19.3 Å². The third-order valence-electron chi connectivity index (χ3n) is 2.63. The van der Waals surface area contributed by atoms with Gasteiger partial charge in [0.1, 0.15) is 6.04 Å². The molecule has 1 amide bonds. The summed E-state index contributed by atoms with van der Waals surface area (Å²) in [5.41, 5.74) is -0.137. The lowest BCUT2D eigenvalue weighted by molar-refractivity contribution is -0.139. The second kappa shape index (κ2) is 7.54. The van der Waals surface area contributed by atoms with Gasteiger partial charge in [0.05, 0.1) is 0 Å². The highest BCUT2D eigenvalue weighted by Crippen LogP contribution is 2.09. The van der Waals surface area contributed by atoms with Gasteiger partial charge in [0.15, 0.2) is 11.6 Å². The summed E-state index contributed by atoms with van der Waals surface area (Å²) in [4.78, 5) is 22.8. The first-order valence-electron chi connectivity index (χ1n) is 5.93. The van der Waals surface area contributed by atoms with Crippen molar-refractivity contribution in [3.8, 4) is 0 Å². The van der Waals surface area contributed by atoms with Crippen molar-refractivity contribution in [2.24, 2.45) is 0 Å². The Bertz CT molecular complexity index is 493. The molecule has 0 aliphatic carbocycles. The van der Waals surface area contributed by atoms with Crippen LogP contribution in [0.3, 0.4) is 0 Å². The van der Waals surface area contributed by atoms with Gasteiger partial charge in [-0.1, -0.05) is 0 Å². The van der Waals surface area contributed by atoms with E-state index in [1.807, 2.05) is 0 Å². The van der Waals surface area contributed by atoms with Crippen LogP contribution in [-0.2, 0) is 9.53 Å². The predicted molar refractivity (Wildman–Crippen MR) is 66.4 cm³/mol. The molecule has 0 aromatic heterocycles. The molecule has 20 heavy (non-hydrogen) atoms. The zero-order valence-electron chi connectivity index (χ0n) is 10.9. The summed E-state index contributed by atoms with van der Waals surface area (Å²) in [6, 6.07) is 1.51. The topological polar surface area (TPSA) is 75.6 Å². The number of ether oxygens (including phenoxy) is 1. The number of benzene rings is 1. The average molecular weight is 287 g/mol. The fourth-order valence-corrected chi connectivity index (χ4v) is 1.57. The molecule has 0 heterocycles. The zero-order valence-corrected chi connectivity index (χ0v) is 10.9. The molecule has 110 valence electrons. The molecule has 0 bridgehead atoms. The molecule has 0 aliphatic rings. The van der Waals surface area contributed by atoms with Crippen LogP contribution in [0.2, 0.25) is 0 Å². The van der Waals surface area contributed by atoms with E-state index in [4.69, 9.17) is 9.84 Å². The Hall–Kier alpha value is -2.02. The number of amides is 1. The van der Waals surface area contributed by atoms with Gasteiger partial charge in [-0.2, -0.15) is 0 Å². The van der Waals surface area contributed by atoms with E-state index in [0.717, 1.165) is 18.2 Å². The lowest BCUT2D eigenvalue weighted by Gasteiger charge is -2.14. The first-order valence-corrected chi connectivity index (χ1v) is 5.93. The van der Waals surface area contributed by atoms with Crippen LogP contribution < -0.4 is 5.32 Å². The molecular weight excluding hydrogens is 272 g/mol. The number of carboxylic acids is 1. The largest absolute Gasteiger partial charge is 0.480 e. The van der Waals surface area contributed by atoms with Gasteiger partial charge in [-0.05, 0) is 31.0 Å². The lowest BCUT2D eigenvalue weighted by atomic mass is 10.1. The van der Waals surface area contributed by atoms with E-state index < -0.39 is 29.6 Å². The van der Waals surface area contributed by atoms with Gasteiger partial charge in [-0.15, -0.1) is 0 Å². The molecule has 0 saturated carbocycles. The Morgan fingerprint density at radius 2 is 2.05 bits per heavy atom. The van der Waals surface area contributed by atoms with Crippen molar-refractivity contribution in [1.29, 1.82) is 0 Å². The van der Waals surface area contributed by atoms with E-state index in [2.05, 4.69) is 5.32 Å². The molecule has 1 aromatic carbocycles. The molecule has 1 aromatic rings. The van der Waals surface area contributed by atoms with Crippen molar-refractivity contribution in [3.63, 3.8) is 0 Å². The maximum atomic E-state index is 13.0. The maximum absolute atomic E-state index is 13.0. The highest BCUT2D eigenvalue weighted by Gasteiger charge is 2.20. The fourth-order valence-electron chi connectivity index (χ4n) is 1.57. The van der Waals surface area contributed by atoms with Crippen LogP contribution >= 0.6 is 0 Å². The molecule has 1 unspecified atom stereocenters. The minimum absolute atomic E-state index is 0.137. The lowest BCUT2D eigenvalue weighted by Crippen LogP contribution is -2.41. The van der Waals surface area contributed by atoms with E-state index >= 15 is 0 Å². The van der Waals surface area contributed by atoms with Crippen LogP contribution in [0.25, 0.3) is 0 Å². The van der Waals surface area contributed by atoms with E-state index in [1.54, 1.807) is 0 Å². The van der Waals surface area contributed by atoms with Crippen LogP contribution in [0.15, 0.2) is 18.2 Å². The molecule has 0 saturated heterocycles. The number of aliphatic carboxylic acids is 1. The molecular formula is C13H15F2NO4. The van der Waals surface area contributed by atoms with Crippen molar-refractivity contribution >= 4 is 11.9 Å². The van der Waals surface area contributed by atoms with Crippen LogP contribution in [0.5, 0.6) is 0 Å². The Kier molecular flexibility index (Phi) is 6.05. The molecule has 1 atom stereocenters. The van der Waals surface area contributed by atoms with Crippen LogP contribution in [0.1, 0.15) is 23.2 Å². The highest BCUT2D eigenvalue weighted by atomic mass is 19.2. The summed E-state index contributed by atoms with van der Waals surface area (Å²) in [7, 11) is 1.48. The molecule has 0 fully saturated rings. The van der Waals surface area contributed by atoms with E-state index in [1.165, 1.54) is 7.11 Å². The van der Waals surface area contributed by atoms with Gasteiger partial charge in [0.2, 0.25) is 0 Å². The van der Waals surface area contributed by atoms with Crippen molar-refractivity contribution in [2.45, 2.75) is 18.9 Å². The number of hydrogen-bond acceptors (Lipinski definition) is 3. The van der Waals surface area contributed by atoms with Crippen LogP contribution in [-0.4, -0.2) is 36.7 Å². The second-order valence-electron chi connectivity index (χ2n) is 4.13. The predicted octanol–water partition coefficient (Wildman–Crippen LogP) is 1.57. The summed E-state index contributed by atoms with van der Waals surface area (Å²) in [5, 5.41) is 11.2. The number of rotatable bonds is 7. The van der Waals surface area contributed by atoms with E-state index in [0.29, 0.717) is 13.0 Å². The number of carbonyl (C=O) groups is 2. The van der Waals surface area contributed by atoms with Crippen molar-refractivity contribution < 1.29 is 28.2 Å². The minimum atomic E-state index is -1.20. The molecule has 5 nitrogen and oxygen atoms in total. The first-order chi connectivity index (χ1) is 9.45. The van der Waals surface area contributed by atoms with Crippen LogP contribution in [0, 0.1) is 11.6 Å². The zero-order chi connectivity index (χ0) is 15.1. The molecule has 1 rings (SSSR count). The third-order valence-corrected chi connectivity index (χ3v) is 2.63. The number of halogens is 2. The molecule has 0 aliphatic heterocycles. The van der Waals surface area contributed by atoms with Crippen molar-refractivity contribution in [1.82, 2.24) is 5.32 Å². The van der Waals surface area contributed by atoms with Gasteiger partial charge in [-0.25, -0.2) is 13.6 Å². The first kappa shape index (κ1) is 16.0. The third kappa shape index (κ3) is 4.58. The maximum Gasteiger partial charge on any atom is 0.326 e. The Balaban J connectivity index is 2.69. The molecule has 7 heteroatoms. The average Bonchev–Trinajstić information content (AvgIpc) is 2.40. The monoisotopic (exact) mass is 287 g/mol. The summed E-state index contributed by atoms with van der Waals surface area (Å²) in [5.74, 6) is -4.20. The smallest absolute Gasteiger partial charge is 0.326 e. The Labute approximate surface area is 114 Å². The van der Waals surface area contributed by atoms with E-state index in [9.17, 15) is 18.4 Å². The molecule has 0 spiro atoms. The summed E-state index contributed by atoms with van der Waals surface area (Å²) >= 11 is 0. The summed E-state index contributed by atoms with van der Waals surface area (Å²) < 4.78 is 30.5. The van der Waals surface area contributed by atoms with Gasteiger partial charge >= 0.3 is 5.97 Å².